The number of aromatic nitrogens is 5. The molecular formula is C27H28N6O3. The van der Waals surface area contributed by atoms with E-state index in [2.05, 4.69) is 47.6 Å². The number of carbonyl (C=O) groups excluding carboxylic acids is 1. The highest BCUT2D eigenvalue weighted by Gasteiger charge is 2.22. The number of allylic oxidation sites excluding steroid dienone is 5. The molecule has 0 atom stereocenters. The van der Waals surface area contributed by atoms with Gasteiger partial charge in [0, 0.05) is 29.3 Å². The average Bonchev–Trinajstić information content (AvgIpc) is 3.42. The number of nitrogens with zero attached hydrogens (tertiary/aromatic N) is 3. The normalized spacial score (nSPS) is 12.3. The van der Waals surface area contributed by atoms with Gasteiger partial charge in [-0.1, -0.05) is 45.6 Å². The van der Waals surface area contributed by atoms with Crippen LogP contribution in [0.3, 0.4) is 0 Å². The Balaban J connectivity index is 1.64. The number of ether oxygens (including phenoxy) is 1. The molecule has 0 aliphatic rings. The van der Waals surface area contributed by atoms with E-state index in [4.69, 9.17) is 9.84 Å². The molecule has 0 unspecified atom stereocenters. The monoisotopic (exact) mass is 484 g/mol. The quantitative estimate of drug-likeness (QED) is 0.304. The largest absolute Gasteiger partial charge is 0.455 e. The van der Waals surface area contributed by atoms with Gasteiger partial charge in [0.25, 0.3) is 5.91 Å². The smallest absolute Gasteiger partial charge is 0.325 e. The van der Waals surface area contributed by atoms with Gasteiger partial charge in [0.15, 0.2) is 11.4 Å². The van der Waals surface area contributed by atoms with Gasteiger partial charge in [0.2, 0.25) is 0 Å². The number of amides is 1. The molecule has 9 nitrogen and oxygen atoms in total. The van der Waals surface area contributed by atoms with Crippen molar-refractivity contribution in [3.8, 4) is 11.5 Å². The van der Waals surface area contributed by atoms with Crippen molar-refractivity contribution in [2.45, 2.75) is 33.1 Å². The number of nitrogens with one attached hydrogen (secondary N) is 3. The summed E-state index contributed by atoms with van der Waals surface area (Å²) in [6.07, 6.45) is 8.82. The fourth-order valence-electron chi connectivity index (χ4n) is 3.54. The lowest BCUT2D eigenvalue weighted by Gasteiger charge is -2.14. The fraction of sp³-hybridized carbons (Fsp3) is 0.185. The van der Waals surface area contributed by atoms with Gasteiger partial charge in [-0.15, -0.1) is 0 Å². The molecule has 9 heteroatoms. The van der Waals surface area contributed by atoms with Crippen LogP contribution in [0.4, 0.5) is 5.82 Å². The molecule has 184 valence electrons. The summed E-state index contributed by atoms with van der Waals surface area (Å²) in [4.78, 5) is 34.3. The highest BCUT2D eigenvalue weighted by Crippen LogP contribution is 2.29. The molecule has 36 heavy (non-hydrogen) atoms. The third kappa shape index (κ3) is 5.20. The molecule has 0 aliphatic heterocycles. The molecule has 0 saturated carbocycles. The maximum Gasteiger partial charge on any atom is 0.325 e. The van der Waals surface area contributed by atoms with Crippen molar-refractivity contribution in [2.24, 2.45) is 0 Å². The van der Waals surface area contributed by atoms with E-state index in [1.165, 1.54) is 6.20 Å². The molecule has 3 aromatic heterocycles. The molecular weight excluding hydrogens is 456 g/mol. The molecule has 0 aliphatic carbocycles. The highest BCUT2D eigenvalue weighted by molar-refractivity contribution is 6.04. The lowest BCUT2D eigenvalue weighted by Crippen LogP contribution is -2.15. The molecule has 3 N–H and O–H groups in total. The first-order valence-electron chi connectivity index (χ1n) is 11.4. The van der Waals surface area contributed by atoms with Crippen LogP contribution < -0.4 is 15.7 Å². The Bertz CT molecular complexity index is 1550. The number of H-pyrrole nitrogens is 2. The maximum absolute atomic E-state index is 13.3. The summed E-state index contributed by atoms with van der Waals surface area (Å²) in [5.74, 6) is 1.05. The summed E-state index contributed by atoms with van der Waals surface area (Å²) in [5.41, 5.74) is 2.22. The SMILES string of the molecule is C=C/C=C(\C=C/C)n1nc(C(C)(C)C)cc1NC(=O)c1cccc(Oc2ccnc3[nH]c(=O)[nH]c23)c1. The van der Waals surface area contributed by atoms with E-state index in [0.29, 0.717) is 34.0 Å². The zero-order chi connectivity index (χ0) is 25.9. The second-order valence-corrected chi connectivity index (χ2v) is 9.10. The van der Waals surface area contributed by atoms with Crippen molar-refractivity contribution < 1.29 is 9.53 Å². The molecule has 1 amide bonds. The second-order valence-electron chi connectivity index (χ2n) is 9.10. The standard InChI is InChI=1S/C27H28N6O3/c1-6-9-18(10-7-2)33-22(16-21(32-33)27(3,4)5)29-25(34)17-11-8-12-19(15-17)36-20-13-14-28-24-23(20)30-26(35)31-24/h6-16H,1H2,2-5H3,(H,29,34)(H2,28,30,31,35)/b10-7-,18-9+. The van der Waals surface area contributed by atoms with E-state index >= 15 is 0 Å². The van der Waals surface area contributed by atoms with Gasteiger partial charge in [0.1, 0.15) is 17.1 Å². The predicted octanol–water partition coefficient (Wildman–Crippen LogP) is 5.39. The van der Waals surface area contributed by atoms with Gasteiger partial charge in [-0.2, -0.15) is 5.10 Å². The zero-order valence-corrected chi connectivity index (χ0v) is 20.6. The number of imidazole rings is 1. The first kappa shape index (κ1) is 24.5. The van der Waals surface area contributed by atoms with E-state index in [-0.39, 0.29) is 17.0 Å². The van der Waals surface area contributed by atoms with Gasteiger partial charge in [-0.25, -0.2) is 14.5 Å². The maximum atomic E-state index is 13.3. The number of benzene rings is 1. The second kappa shape index (κ2) is 9.91. The third-order valence-electron chi connectivity index (χ3n) is 5.30. The highest BCUT2D eigenvalue weighted by atomic mass is 16.5. The van der Waals surface area contributed by atoms with E-state index in [1.807, 2.05) is 31.2 Å². The molecule has 0 fully saturated rings. The van der Waals surface area contributed by atoms with Crippen molar-refractivity contribution >= 4 is 28.6 Å². The van der Waals surface area contributed by atoms with Gasteiger partial charge < -0.3 is 15.0 Å². The Hall–Kier alpha value is -4.66. The van der Waals surface area contributed by atoms with E-state index in [1.54, 1.807) is 41.1 Å². The van der Waals surface area contributed by atoms with E-state index in [0.717, 1.165) is 11.4 Å². The summed E-state index contributed by atoms with van der Waals surface area (Å²) in [7, 11) is 0. The van der Waals surface area contributed by atoms with Gasteiger partial charge in [-0.05, 0) is 37.3 Å². The summed E-state index contributed by atoms with van der Waals surface area (Å²) in [6.45, 7) is 11.9. The van der Waals surface area contributed by atoms with Crippen LogP contribution in [0.2, 0.25) is 0 Å². The van der Waals surface area contributed by atoms with E-state index in [9.17, 15) is 9.59 Å². The fourth-order valence-corrected chi connectivity index (χ4v) is 3.54. The van der Waals surface area contributed by atoms with Gasteiger partial charge in [0.05, 0.1) is 11.4 Å². The zero-order valence-electron chi connectivity index (χ0n) is 20.6. The van der Waals surface area contributed by atoms with Gasteiger partial charge in [-0.3, -0.25) is 9.78 Å². The molecule has 0 radical (unpaired) electrons. The lowest BCUT2D eigenvalue weighted by molar-refractivity contribution is 0.102. The first-order valence-corrected chi connectivity index (χ1v) is 11.4. The van der Waals surface area contributed by atoms with Crippen molar-refractivity contribution in [2.75, 3.05) is 5.32 Å². The third-order valence-corrected chi connectivity index (χ3v) is 5.30. The first-order chi connectivity index (χ1) is 17.2. The number of aromatic amines is 2. The Labute approximate surface area is 208 Å². The van der Waals surface area contributed by atoms with Crippen molar-refractivity contribution in [3.05, 3.63) is 95.2 Å². The van der Waals surface area contributed by atoms with Crippen LogP contribution >= 0.6 is 0 Å². The number of hydrogen-bond donors (Lipinski definition) is 3. The Kier molecular flexibility index (Phi) is 6.73. The lowest BCUT2D eigenvalue weighted by atomic mass is 9.92. The van der Waals surface area contributed by atoms with Crippen molar-refractivity contribution in [3.63, 3.8) is 0 Å². The van der Waals surface area contributed by atoms with Crippen molar-refractivity contribution in [1.82, 2.24) is 24.7 Å². The Morgan fingerprint density at radius 3 is 2.72 bits per heavy atom. The van der Waals surface area contributed by atoms with Crippen LogP contribution in [0.5, 0.6) is 11.5 Å². The Morgan fingerprint density at radius 1 is 1.19 bits per heavy atom. The van der Waals surface area contributed by atoms with Crippen LogP contribution in [0.25, 0.3) is 16.9 Å². The van der Waals surface area contributed by atoms with Crippen LogP contribution in [0.15, 0.2) is 78.3 Å². The summed E-state index contributed by atoms with van der Waals surface area (Å²) in [6, 6.07) is 10.3. The van der Waals surface area contributed by atoms with E-state index < -0.39 is 0 Å². The Morgan fingerprint density at radius 2 is 2.00 bits per heavy atom. The molecule has 1 aromatic carbocycles. The summed E-state index contributed by atoms with van der Waals surface area (Å²) < 4.78 is 7.65. The van der Waals surface area contributed by atoms with Gasteiger partial charge >= 0.3 is 5.69 Å². The summed E-state index contributed by atoms with van der Waals surface area (Å²) >= 11 is 0. The number of carbonyl (C=O) groups is 1. The predicted molar refractivity (Wildman–Crippen MR) is 141 cm³/mol. The average molecular weight is 485 g/mol. The number of hydrogen-bond acceptors (Lipinski definition) is 5. The number of rotatable bonds is 7. The minimum Gasteiger partial charge on any atom is -0.455 e. The number of fused-ring (bicyclic) bond motifs is 1. The molecule has 4 aromatic rings. The van der Waals surface area contributed by atoms with Crippen molar-refractivity contribution in [1.29, 1.82) is 0 Å². The van der Waals surface area contributed by atoms with Crippen LogP contribution in [0.1, 0.15) is 43.7 Å². The summed E-state index contributed by atoms with van der Waals surface area (Å²) in [5, 5.41) is 7.72. The van der Waals surface area contributed by atoms with Crippen LogP contribution in [-0.4, -0.2) is 30.6 Å². The minimum atomic E-state index is -0.379. The molecule has 3 heterocycles. The van der Waals surface area contributed by atoms with Crippen LogP contribution in [0, 0.1) is 0 Å². The molecule has 4 rings (SSSR count). The number of pyridine rings is 1. The number of anilines is 1. The molecule has 0 saturated heterocycles. The molecule has 0 bridgehead atoms. The topological polar surface area (TPSA) is 118 Å². The molecule has 0 spiro atoms. The van der Waals surface area contributed by atoms with Crippen LogP contribution in [-0.2, 0) is 5.41 Å². The minimum absolute atomic E-state index is 0.219.